The molecule has 0 aliphatic heterocycles. The molecule has 0 saturated carbocycles. The average Bonchev–Trinajstić information content (AvgIpc) is 2.80. The van der Waals surface area contributed by atoms with Gasteiger partial charge >= 0.3 is 0 Å². The van der Waals surface area contributed by atoms with Crippen LogP contribution in [0.4, 0.5) is 10.9 Å². The van der Waals surface area contributed by atoms with E-state index in [2.05, 4.69) is 14.7 Å². The Labute approximate surface area is 121 Å². The molecule has 1 aliphatic rings. The van der Waals surface area contributed by atoms with Crippen molar-refractivity contribution in [2.24, 2.45) is 0 Å². The summed E-state index contributed by atoms with van der Waals surface area (Å²) in [6.07, 6.45) is 5.60. The molecule has 0 unspecified atom stereocenters. The SMILES string of the molecule is Nc1ncccc1S(=O)(=O)Nc1nc2c(s1)CCCC2. The Morgan fingerprint density at radius 3 is 2.85 bits per heavy atom. The quantitative estimate of drug-likeness (QED) is 0.900. The maximum atomic E-state index is 12.3. The van der Waals surface area contributed by atoms with Crippen molar-refractivity contribution >= 4 is 32.3 Å². The summed E-state index contributed by atoms with van der Waals surface area (Å²) in [5, 5.41) is 0.403. The summed E-state index contributed by atoms with van der Waals surface area (Å²) in [5.74, 6) is -0.0127. The molecule has 0 atom stereocenters. The van der Waals surface area contributed by atoms with Crippen molar-refractivity contribution in [3.8, 4) is 0 Å². The lowest BCUT2D eigenvalue weighted by molar-refractivity contribution is 0.601. The molecule has 0 spiro atoms. The number of nitrogens with one attached hydrogen (secondary N) is 1. The van der Waals surface area contributed by atoms with Crippen molar-refractivity contribution in [2.45, 2.75) is 30.6 Å². The Kier molecular flexibility index (Phi) is 3.35. The molecule has 2 aromatic rings. The van der Waals surface area contributed by atoms with Gasteiger partial charge in [-0.25, -0.2) is 18.4 Å². The number of anilines is 2. The molecular weight excluding hydrogens is 296 g/mol. The molecule has 0 radical (unpaired) electrons. The molecule has 0 bridgehead atoms. The Morgan fingerprint density at radius 2 is 2.10 bits per heavy atom. The molecule has 20 heavy (non-hydrogen) atoms. The largest absolute Gasteiger partial charge is 0.383 e. The highest BCUT2D eigenvalue weighted by atomic mass is 32.2. The highest BCUT2D eigenvalue weighted by Crippen LogP contribution is 2.31. The van der Waals surface area contributed by atoms with Gasteiger partial charge in [0, 0.05) is 11.1 Å². The molecule has 106 valence electrons. The first kappa shape index (κ1) is 13.3. The van der Waals surface area contributed by atoms with Gasteiger partial charge in [-0.05, 0) is 37.8 Å². The second-order valence-corrected chi connectivity index (χ2v) is 7.32. The second kappa shape index (κ2) is 5.02. The minimum atomic E-state index is -3.73. The van der Waals surface area contributed by atoms with Crippen LogP contribution in [0, 0.1) is 0 Å². The van der Waals surface area contributed by atoms with Crippen LogP contribution in [-0.2, 0) is 22.9 Å². The van der Waals surface area contributed by atoms with E-state index < -0.39 is 10.0 Å². The number of sulfonamides is 1. The molecule has 8 heteroatoms. The first-order valence-corrected chi connectivity index (χ1v) is 8.58. The third-order valence-electron chi connectivity index (χ3n) is 3.16. The zero-order valence-electron chi connectivity index (χ0n) is 10.7. The van der Waals surface area contributed by atoms with Crippen LogP contribution < -0.4 is 10.5 Å². The maximum Gasteiger partial charge on any atom is 0.267 e. The number of aryl methyl sites for hydroxylation is 2. The van der Waals surface area contributed by atoms with Crippen molar-refractivity contribution < 1.29 is 8.42 Å². The number of pyridine rings is 1. The van der Waals surface area contributed by atoms with E-state index in [1.807, 2.05) is 0 Å². The van der Waals surface area contributed by atoms with Crippen molar-refractivity contribution in [2.75, 3.05) is 10.5 Å². The van der Waals surface area contributed by atoms with Gasteiger partial charge < -0.3 is 5.73 Å². The standard InChI is InChI=1S/C12H14N4O2S2/c13-11-10(6-3-7-14-11)20(17,18)16-12-15-8-4-1-2-5-9(8)19-12/h3,6-7H,1-2,4-5H2,(H2,13,14)(H,15,16). The summed E-state index contributed by atoms with van der Waals surface area (Å²) in [6.45, 7) is 0. The molecular formula is C12H14N4O2S2. The number of nitrogens with zero attached hydrogens (tertiary/aromatic N) is 2. The average molecular weight is 310 g/mol. The molecule has 1 aliphatic carbocycles. The predicted octanol–water partition coefficient (Wildman–Crippen LogP) is 1.80. The van der Waals surface area contributed by atoms with Gasteiger partial charge in [0.05, 0.1) is 5.69 Å². The van der Waals surface area contributed by atoms with Crippen molar-refractivity contribution in [3.63, 3.8) is 0 Å². The van der Waals surface area contributed by atoms with E-state index in [9.17, 15) is 8.42 Å². The monoisotopic (exact) mass is 310 g/mol. The van der Waals surface area contributed by atoms with E-state index in [1.165, 1.54) is 34.5 Å². The normalized spacial score (nSPS) is 14.8. The smallest absolute Gasteiger partial charge is 0.267 e. The van der Waals surface area contributed by atoms with E-state index in [0.717, 1.165) is 31.4 Å². The van der Waals surface area contributed by atoms with Crippen LogP contribution in [0.2, 0.25) is 0 Å². The van der Waals surface area contributed by atoms with Gasteiger partial charge in [0.25, 0.3) is 10.0 Å². The zero-order chi connectivity index (χ0) is 14.2. The third-order valence-corrected chi connectivity index (χ3v) is 5.74. The molecule has 3 N–H and O–H groups in total. The van der Waals surface area contributed by atoms with Gasteiger partial charge in [-0.15, -0.1) is 11.3 Å². The zero-order valence-corrected chi connectivity index (χ0v) is 12.3. The van der Waals surface area contributed by atoms with Crippen molar-refractivity contribution in [1.29, 1.82) is 0 Å². The summed E-state index contributed by atoms with van der Waals surface area (Å²) in [7, 11) is -3.73. The van der Waals surface area contributed by atoms with Gasteiger partial charge in [-0.2, -0.15) is 0 Å². The number of nitrogens with two attached hydrogens (primary N) is 1. The van der Waals surface area contributed by atoms with Gasteiger partial charge in [0.15, 0.2) is 5.13 Å². The summed E-state index contributed by atoms with van der Waals surface area (Å²) in [5.41, 5.74) is 6.62. The van der Waals surface area contributed by atoms with E-state index in [-0.39, 0.29) is 10.7 Å². The molecule has 0 saturated heterocycles. The van der Waals surface area contributed by atoms with Gasteiger partial charge in [-0.1, -0.05) is 0 Å². The minimum absolute atomic E-state index is 0.0127. The number of nitrogen functional groups attached to an aromatic ring is 1. The lowest BCUT2D eigenvalue weighted by Gasteiger charge is -2.06. The Balaban J connectivity index is 1.90. The summed E-state index contributed by atoms with van der Waals surface area (Å²) < 4.78 is 27.0. The van der Waals surface area contributed by atoms with Gasteiger partial charge in [0.1, 0.15) is 10.7 Å². The van der Waals surface area contributed by atoms with Crippen LogP contribution in [0.25, 0.3) is 0 Å². The summed E-state index contributed by atoms with van der Waals surface area (Å²) in [4.78, 5) is 9.31. The molecule has 2 aromatic heterocycles. The van der Waals surface area contributed by atoms with Crippen LogP contribution in [-0.4, -0.2) is 18.4 Å². The Hall–Kier alpha value is -1.67. The van der Waals surface area contributed by atoms with Gasteiger partial charge in [0.2, 0.25) is 0 Å². The highest BCUT2D eigenvalue weighted by molar-refractivity contribution is 7.93. The fourth-order valence-electron chi connectivity index (χ4n) is 2.20. The van der Waals surface area contributed by atoms with E-state index in [0.29, 0.717) is 5.13 Å². The minimum Gasteiger partial charge on any atom is -0.383 e. The second-order valence-electron chi connectivity index (χ2n) is 4.59. The Morgan fingerprint density at radius 1 is 1.30 bits per heavy atom. The van der Waals surface area contributed by atoms with Crippen LogP contribution in [0.15, 0.2) is 23.2 Å². The summed E-state index contributed by atoms with van der Waals surface area (Å²) >= 11 is 1.40. The lowest BCUT2D eigenvalue weighted by atomic mass is 10.0. The number of rotatable bonds is 3. The molecule has 0 amide bonds. The van der Waals surface area contributed by atoms with Crippen LogP contribution in [0.3, 0.4) is 0 Å². The fraction of sp³-hybridized carbons (Fsp3) is 0.333. The number of aromatic nitrogens is 2. The number of hydrogen-bond donors (Lipinski definition) is 2. The number of fused-ring (bicyclic) bond motifs is 1. The molecule has 2 heterocycles. The van der Waals surface area contributed by atoms with Crippen LogP contribution >= 0.6 is 11.3 Å². The number of hydrogen-bond acceptors (Lipinski definition) is 6. The van der Waals surface area contributed by atoms with Gasteiger partial charge in [-0.3, -0.25) is 4.72 Å². The predicted molar refractivity (Wildman–Crippen MR) is 78.2 cm³/mol. The number of thiazole rings is 1. The van der Waals surface area contributed by atoms with E-state index in [4.69, 9.17) is 5.73 Å². The van der Waals surface area contributed by atoms with Crippen molar-refractivity contribution in [3.05, 3.63) is 28.9 Å². The maximum absolute atomic E-state index is 12.3. The fourth-order valence-corrected chi connectivity index (χ4v) is 4.56. The lowest BCUT2D eigenvalue weighted by Crippen LogP contribution is -2.15. The molecule has 6 nitrogen and oxygen atoms in total. The Bertz CT molecular complexity index is 716. The first-order valence-electron chi connectivity index (χ1n) is 6.28. The molecule has 3 rings (SSSR count). The van der Waals surface area contributed by atoms with E-state index in [1.54, 1.807) is 0 Å². The molecule has 0 fully saturated rings. The topological polar surface area (TPSA) is 98.0 Å². The highest BCUT2D eigenvalue weighted by Gasteiger charge is 2.22. The third kappa shape index (κ3) is 2.48. The van der Waals surface area contributed by atoms with Crippen molar-refractivity contribution in [1.82, 2.24) is 9.97 Å². The van der Waals surface area contributed by atoms with Crippen LogP contribution in [0.5, 0.6) is 0 Å². The van der Waals surface area contributed by atoms with Crippen LogP contribution in [0.1, 0.15) is 23.4 Å². The first-order chi connectivity index (χ1) is 9.56. The van der Waals surface area contributed by atoms with E-state index >= 15 is 0 Å². The summed E-state index contributed by atoms with van der Waals surface area (Å²) in [6, 6.07) is 2.97. The molecule has 0 aromatic carbocycles.